The van der Waals surface area contributed by atoms with Gasteiger partial charge in [0, 0.05) is 35.5 Å². The Bertz CT molecular complexity index is 1210. The molecule has 0 spiro atoms. The van der Waals surface area contributed by atoms with Crippen LogP contribution in [0.4, 0.5) is 10.5 Å². The minimum atomic E-state index is -0.288. The van der Waals surface area contributed by atoms with E-state index in [-0.39, 0.29) is 30.4 Å². The Morgan fingerprint density at radius 1 is 1.05 bits per heavy atom. The molecule has 0 saturated heterocycles. The Morgan fingerprint density at radius 3 is 2.50 bits per heavy atom. The van der Waals surface area contributed by atoms with Gasteiger partial charge in [0.05, 0.1) is 19.3 Å². The Labute approximate surface area is 234 Å². The predicted molar refractivity (Wildman–Crippen MR) is 156 cm³/mol. The maximum atomic E-state index is 13.7. The van der Waals surface area contributed by atoms with E-state index in [1.807, 2.05) is 79.5 Å². The van der Waals surface area contributed by atoms with Crippen LogP contribution in [0.15, 0.2) is 71.3 Å². The first-order valence-electron chi connectivity index (χ1n) is 13.1. The zero-order chi connectivity index (χ0) is 27.7. The molecule has 1 unspecified atom stereocenters. The Kier molecular flexibility index (Phi) is 10.8. The van der Waals surface area contributed by atoms with E-state index in [0.29, 0.717) is 25.3 Å². The average Bonchev–Trinajstić information content (AvgIpc) is 3.33. The van der Waals surface area contributed by atoms with Gasteiger partial charge in [0.2, 0.25) is 5.91 Å². The molecule has 3 rings (SSSR count). The van der Waals surface area contributed by atoms with Gasteiger partial charge in [-0.25, -0.2) is 4.79 Å². The second-order valence-electron chi connectivity index (χ2n) is 9.94. The number of carbonyl (C=O) groups excluding carboxylic acids is 2. The summed E-state index contributed by atoms with van der Waals surface area (Å²) in [5.41, 5.74) is 2.83. The van der Waals surface area contributed by atoms with Crippen LogP contribution < -0.4 is 10.1 Å². The van der Waals surface area contributed by atoms with Crippen molar-refractivity contribution >= 4 is 33.6 Å². The minimum absolute atomic E-state index is 0.00932. The zero-order valence-corrected chi connectivity index (χ0v) is 24.6. The zero-order valence-electron chi connectivity index (χ0n) is 23.0. The molecule has 3 aromatic rings. The summed E-state index contributed by atoms with van der Waals surface area (Å²) in [5, 5.41) is 2.95. The third-order valence-electron chi connectivity index (χ3n) is 6.50. The van der Waals surface area contributed by atoms with Gasteiger partial charge >= 0.3 is 6.03 Å². The molecule has 3 amide bonds. The van der Waals surface area contributed by atoms with E-state index in [1.54, 1.807) is 12.0 Å². The quantitative estimate of drug-likeness (QED) is 0.261. The fraction of sp³-hybridized carbons (Fsp3) is 0.400. The van der Waals surface area contributed by atoms with Crippen molar-refractivity contribution in [1.82, 2.24) is 14.4 Å². The number of benzene rings is 2. The van der Waals surface area contributed by atoms with Crippen molar-refractivity contribution in [3.05, 3.63) is 82.6 Å². The summed E-state index contributed by atoms with van der Waals surface area (Å²) >= 11 is 3.48. The number of nitrogens with zero attached hydrogens (tertiary/aromatic N) is 3. The van der Waals surface area contributed by atoms with Crippen molar-refractivity contribution in [2.45, 2.75) is 53.2 Å². The second kappa shape index (κ2) is 14.0. The number of hydrogen-bond acceptors (Lipinski definition) is 3. The van der Waals surface area contributed by atoms with Gasteiger partial charge < -0.3 is 24.4 Å². The van der Waals surface area contributed by atoms with Crippen molar-refractivity contribution in [2.24, 2.45) is 5.92 Å². The van der Waals surface area contributed by atoms with Gasteiger partial charge in [-0.1, -0.05) is 45.0 Å². The van der Waals surface area contributed by atoms with Crippen LogP contribution in [0.5, 0.6) is 5.75 Å². The fourth-order valence-electron chi connectivity index (χ4n) is 4.27. The maximum Gasteiger partial charge on any atom is 0.322 e. The number of para-hydroxylation sites is 1. The number of aromatic nitrogens is 1. The number of carbonyl (C=O) groups is 2. The smallest absolute Gasteiger partial charge is 0.322 e. The van der Waals surface area contributed by atoms with Gasteiger partial charge in [-0.05, 0) is 77.2 Å². The number of ether oxygens (including phenoxy) is 1. The highest BCUT2D eigenvalue weighted by molar-refractivity contribution is 9.10. The molecule has 38 heavy (non-hydrogen) atoms. The molecule has 0 radical (unpaired) electrons. The predicted octanol–water partition coefficient (Wildman–Crippen LogP) is 6.62. The van der Waals surface area contributed by atoms with E-state index in [1.165, 1.54) is 0 Å². The van der Waals surface area contributed by atoms with Gasteiger partial charge in [0.15, 0.2) is 0 Å². The summed E-state index contributed by atoms with van der Waals surface area (Å²) in [4.78, 5) is 30.4. The van der Waals surface area contributed by atoms with Crippen LogP contribution in [-0.2, 0) is 17.9 Å². The topological polar surface area (TPSA) is 66.8 Å². The lowest BCUT2D eigenvalue weighted by Crippen LogP contribution is -2.48. The number of anilines is 1. The molecule has 0 bridgehead atoms. The Hall–Kier alpha value is -3.26. The largest absolute Gasteiger partial charge is 0.497 e. The highest BCUT2D eigenvalue weighted by Gasteiger charge is 2.26. The summed E-state index contributed by atoms with van der Waals surface area (Å²) in [5.74, 6) is 0.958. The average molecular weight is 584 g/mol. The number of amides is 3. The van der Waals surface area contributed by atoms with Gasteiger partial charge in [0.25, 0.3) is 0 Å². The van der Waals surface area contributed by atoms with E-state index < -0.39 is 0 Å². The first-order valence-corrected chi connectivity index (χ1v) is 13.9. The van der Waals surface area contributed by atoms with Crippen LogP contribution in [-0.4, -0.2) is 52.5 Å². The number of urea groups is 1. The lowest BCUT2D eigenvalue weighted by molar-refractivity contribution is -0.134. The minimum Gasteiger partial charge on any atom is -0.497 e. The van der Waals surface area contributed by atoms with Crippen molar-refractivity contribution < 1.29 is 14.3 Å². The van der Waals surface area contributed by atoms with E-state index in [2.05, 4.69) is 45.7 Å². The van der Waals surface area contributed by atoms with Gasteiger partial charge in [-0.3, -0.25) is 4.79 Å². The van der Waals surface area contributed by atoms with E-state index in [4.69, 9.17) is 4.74 Å². The fourth-order valence-corrected chi connectivity index (χ4v) is 4.65. The lowest BCUT2D eigenvalue weighted by atomic mass is 10.1. The van der Waals surface area contributed by atoms with Gasteiger partial charge in [0.1, 0.15) is 12.3 Å². The molecule has 7 nitrogen and oxygen atoms in total. The monoisotopic (exact) mass is 582 g/mol. The molecule has 1 atom stereocenters. The van der Waals surface area contributed by atoms with Crippen molar-refractivity contribution in [2.75, 3.05) is 25.5 Å². The summed E-state index contributed by atoms with van der Waals surface area (Å²) in [7, 11) is 1.66. The summed E-state index contributed by atoms with van der Waals surface area (Å²) in [6.07, 6.45) is 2.85. The molecule has 0 aliphatic heterocycles. The normalized spacial score (nSPS) is 11.8. The molecule has 204 valence electrons. The Balaban J connectivity index is 1.77. The van der Waals surface area contributed by atoms with Crippen molar-refractivity contribution in [3.63, 3.8) is 0 Å². The highest BCUT2D eigenvalue weighted by Crippen LogP contribution is 2.22. The molecule has 0 aliphatic rings. The first kappa shape index (κ1) is 29.3. The van der Waals surface area contributed by atoms with E-state index in [0.717, 1.165) is 27.9 Å². The van der Waals surface area contributed by atoms with Crippen LogP contribution in [0.3, 0.4) is 0 Å². The molecule has 1 heterocycles. The summed E-state index contributed by atoms with van der Waals surface area (Å²) in [6.45, 7) is 9.84. The molecule has 8 heteroatoms. The standard InChI is InChI=1S/C30H39BrN4O3/c1-6-23(4)35(20-25-12-10-16-33(25)19-24-11-9-13-26(17-24)38-5)29(36)21-34(18-22(2)3)30(37)32-28-15-8-7-14-27(28)31/h7-17,22-23H,6,18-21H2,1-5H3,(H,32,37). The third-order valence-corrected chi connectivity index (χ3v) is 7.19. The molecule has 2 aromatic carbocycles. The van der Waals surface area contributed by atoms with E-state index >= 15 is 0 Å². The van der Waals surface area contributed by atoms with Gasteiger partial charge in [-0.2, -0.15) is 0 Å². The second-order valence-corrected chi connectivity index (χ2v) is 10.8. The summed E-state index contributed by atoms with van der Waals surface area (Å²) in [6, 6.07) is 19.3. The third kappa shape index (κ3) is 8.12. The van der Waals surface area contributed by atoms with Gasteiger partial charge in [-0.15, -0.1) is 0 Å². The number of halogens is 1. The molecule has 0 fully saturated rings. The van der Waals surface area contributed by atoms with Crippen molar-refractivity contribution in [1.29, 1.82) is 0 Å². The van der Waals surface area contributed by atoms with Crippen LogP contribution in [0.25, 0.3) is 0 Å². The number of rotatable bonds is 12. The number of hydrogen-bond donors (Lipinski definition) is 1. The number of nitrogens with one attached hydrogen (secondary N) is 1. The molecular weight excluding hydrogens is 544 g/mol. The summed E-state index contributed by atoms with van der Waals surface area (Å²) < 4.78 is 8.32. The SMILES string of the molecule is CCC(C)N(Cc1cccn1Cc1cccc(OC)c1)C(=O)CN(CC(C)C)C(=O)Nc1ccccc1Br. The van der Waals surface area contributed by atoms with Crippen LogP contribution >= 0.6 is 15.9 Å². The van der Waals surface area contributed by atoms with Crippen molar-refractivity contribution in [3.8, 4) is 5.75 Å². The highest BCUT2D eigenvalue weighted by atomic mass is 79.9. The van der Waals surface area contributed by atoms with Crippen LogP contribution in [0, 0.1) is 5.92 Å². The molecule has 1 aromatic heterocycles. The lowest BCUT2D eigenvalue weighted by Gasteiger charge is -2.32. The van der Waals surface area contributed by atoms with Crippen LogP contribution in [0.1, 0.15) is 45.4 Å². The molecular formula is C30H39BrN4O3. The maximum absolute atomic E-state index is 13.7. The number of methoxy groups -OCH3 is 1. The van der Waals surface area contributed by atoms with E-state index in [9.17, 15) is 9.59 Å². The molecule has 0 aliphatic carbocycles. The van der Waals surface area contributed by atoms with Crippen LogP contribution in [0.2, 0.25) is 0 Å². The molecule has 1 N–H and O–H groups in total. The molecule has 0 saturated carbocycles. The Morgan fingerprint density at radius 2 is 1.82 bits per heavy atom. The first-order chi connectivity index (χ1) is 18.2.